The first kappa shape index (κ1) is 16.5. The molecule has 1 aliphatic heterocycles. The quantitative estimate of drug-likeness (QED) is 0.799. The van der Waals surface area contributed by atoms with Gasteiger partial charge < -0.3 is 14.3 Å². The Bertz CT molecular complexity index is 693. The van der Waals surface area contributed by atoms with Crippen LogP contribution in [0.2, 0.25) is 0 Å². The van der Waals surface area contributed by atoms with Gasteiger partial charge in [0.1, 0.15) is 0 Å². The summed E-state index contributed by atoms with van der Waals surface area (Å²) >= 11 is 0. The number of carboxylic acids is 1. The van der Waals surface area contributed by atoms with Crippen molar-refractivity contribution < 1.29 is 32.3 Å². The van der Waals surface area contributed by atoms with Crippen molar-refractivity contribution in [3.05, 3.63) is 17.9 Å². The fourth-order valence-corrected chi connectivity index (χ4v) is 3.67. The molecule has 0 aromatic carbocycles. The Morgan fingerprint density at radius 3 is 2.68 bits per heavy atom. The predicted octanol–water partition coefficient (Wildman–Crippen LogP) is 0.942. The number of hydrogen-bond acceptors (Lipinski definition) is 6. The first-order valence-corrected chi connectivity index (χ1v) is 8.15. The predicted molar refractivity (Wildman–Crippen MR) is 73.8 cm³/mol. The number of furan rings is 1. The van der Waals surface area contributed by atoms with Crippen molar-refractivity contribution in [2.45, 2.75) is 25.4 Å². The fraction of sp³-hybridized carbons (Fsp3) is 0.538. The summed E-state index contributed by atoms with van der Waals surface area (Å²) in [7, 11) is -3.98. The maximum absolute atomic E-state index is 12.4. The molecule has 0 saturated carbocycles. The van der Waals surface area contributed by atoms with Gasteiger partial charge in [0, 0.05) is 13.1 Å². The van der Waals surface area contributed by atoms with E-state index in [1.807, 2.05) is 0 Å². The third kappa shape index (κ3) is 2.86. The van der Waals surface area contributed by atoms with Gasteiger partial charge in [0.2, 0.25) is 10.9 Å². The number of nitrogens with zero attached hydrogens (tertiary/aromatic N) is 1. The Kier molecular flexibility index (Phi) is 4.30. The minimum atomic E-state index is -3.98. The van der Waals surface area contributed by atoms with Crippen LogP contribution < -0.4 is 0 Å². The van der Waals surface area contributed by atoms with Crippen molar-refractivity contribution in [2.75, 3.05) is 19.7 Å². The van der Waals surface area contributed by atoms with Crippen molar-refractivity contribution in [3.8, 4) is 0 Å². The molecule has 1 fully saturated rings. The average Bonchev–Trinajstić information content (AvgIpc) is 3.06. The van der Waals surface area contributed by atoms with Crippen LogP contribution in [0.4, 0.5) is 0 Å². The van der Waals surface area contributed by atoms with Crippen LogP contribution in [0.5, 0.6) is 0 Å². The number of ether oxygens (including phenoxy) is 1. The second-order valence-corrected chi connectivity index (χ2v) is 7.16. The molecule has 0 bridgehead atoms. The monoisotopic (exact) mass is 331 g/mol. The highest BCUT2D eigenvalue weighted by molar-refractivity contribution is 7.89. The van der Waals surface area contributed by atoms with Gasteiger partial charge in [-0.1, -0.05) is 0 Å². The molecule has 1 unspecified atom stereocenters. The number of carbonyl (C=O) groups excluding carboxylic acids is 1. The second-order valence-electron chi connectivity index (χ2n) is 5.29. The third-order valence-electron chi connectivity index (χ3n) is 3.61. The molecule has 8 nitrogen and oxygen atoms in total. The number of hydrogen-bond donors (Lipinski definition) is 1. The minimum Gasteiger partial charge on any atom is -0.481 e. The van der Waals surface area contributed by atoms with Crippen molar-refractivity contribution in [3.63, 3.8) is 0 Å². The topological polar surface area (TPSA) is 114 Å². The Labute approximate surface area is 127 Å². The molecule has 0 aliphatic carbocycles. The minimum absolute atomic E-state index is 0.0839. The van der Waals surface area contributed by atoms with Gasteiger partial charge >= 0.3 is 11.9 Å². The number of esters is 1. The van der Waals surface area contributed by atoms with Crippen LogP contribution in [-0.4, -0.2) is 49.5 Å². The van der Waals surface area contributed by atoms with Gasteiger partial charge in [0.15, 0.2) is 0 Å². The highest BCUT2D eigenvalue weighted by Crippen LogP contribution is 2.34. The maximum atomic E-state index is 12.4. The summed E-state index contributed by atoms with van der Waals surface area (Å²) in [5.41, 5.74) is -1.12. The molecule has 9 heteroatoms. The third-order valence-corrected chi connectivity index (χ3v) is 5.33. The summed E-state index contributed by atoms with van der Waals surface area (Å²) < 4.78 is 35.7. The first-order chi connectivity index (χ1) is 10.2. The largest absolute Gasteiger partial charge is 0.481 e. The zero-order valence-corrected chi connectivity index (χ0v) is 13.1. The maximum Gasteiger partial charge on any atom is 0.374 e. The van der Waals surface area contributed by atoms with Gasteiger partial charge in [-0.3, -0.25) is 4.79 Å². The Hall–Kier alpha value is -1.87. The lowest BCUT2D eigenvalue weighted by Gasteiger charge is -2.18. The van der Waals surface area contributed by atoms with E-state index in [0.29, 0.717) is 0 Å². The second kappa shape index (κ2) is 5.73. The summed E-state index contributed by atoms with van der Waals surface area (Å²) in [5, 5.41) is 8.76. The van der Waals surface area contributed by atoms with Crippen LogP contribution >= 0.6 is 0 Å². The van der Waals surface area contributed by atoms with Crippen molar-refractivity contribution in [1.29, 1.82) is 0 Å². The van der Waals surface area contributed by atoms with Crippen LogP contribution in [0, 0.1) is 5.41 Å². The van der Waals surface area contributed by atoms with Crippen molar-refractivity contribution in [1.82, 2.24) is 4.31 Å². The van der Waals surface area contributed by atoms with E-state index < -0.39 is 32.5 Å². The molecule has 1 aliphatic rings. The molecule has 0 amide bonds. The molecule has 2 heterocycles. The van der Waals surface area contributed by atoms with Crippen LogP contribution in [0.1, 0.15) is 30.8 Å². The molecule has 22 heavy (non-hydrogen) atoms. The van der Waals surface area contributed by atoms with Crippen LogP contribution in [0.3, 0.4) is 0 Å². The van der Waals surface area contributed by atoms with E-state index in [1.165, 1.54) is 13.0 Å². The summed E-state index contributed by atoms with van der Waals surface area (Å²) in [6.45, 7) is 3.21. The highest BCUT2D eigenvalue weighted by Gasteiger charge is 2.45. The summed E-state index contributed by atoms with van der Waals surface area (Å²) in [4.78, 5) is 22.7. The normalized spacial score (nSPS) is 22.6. The van der Waals surface area contributed by atoms with Gasteiger partial charge in [-0.15, -0.1) is 0 Å². The summed E-state index contributed by atoms with van der Waals surface area (Å²) in [6.07, 6.45) is 0.215. The number of aliphatic carboxylic acids is 1. The molecular weight excluding hydrogens is 314 g/mol. The molecule has 122 valence electrons. The van der Waals surface area contributed by atoms with Gasteiger partial charge in [-0.2, -0.15) is 4.31 Å². The van der Waals surface area contributed by atoms with E-state index in [-0.39, 0.29) is 31.9 Å². The molecule has 0 radical (unpaired) electrons. The molecule has 1 aromatic rings. The molecule has 1 N–H and O–H groups in total. The first-order valence-electron chi connectivity index (χ1n) is 6.71. The molecule has 1 aromatic heterocycles. The van der Waals surface area contributed by atoms with Gasteiger partial charge in [-0.05, 0) is 32.4 Å². The van der Waals surface area contributed by atoms with E-state index in [4.69, 9.17) is 14.3 Å². The Morgan fingerprint density at radius 2 is 2.14 bits per heavy atom. The molecular formula is C13H17NO7S. The van der Waals surface area contributed by atoms with Gasteiger partial charge in [0.05, 0.1) is 12.0 Å². The lowest BCUT2D eigenvalue weighted by Crippen LogP contribution is -2.34. The summed E-state index contributed by atoms with van der Waals surface area (Å²) in [5.74, 6) is -2.00. The van der Waals surface area contributed by atoms with E-state index in [0.717, 1.165) is 10.4 Å². The number of sulfonamides is 1. The molecule has 2 rings (SSSR count). The van der Waals surface area contributed by atoms with Crippen LogP contribution in [0.25, 0.3) is 0 Å². The zero-order valence-electron chi connectivity index (χ0n) is 12.2. The van der Waals surface area contributed by atoms with Gasteiger partial charge in [-0.25, -0.2) is 13.2 Å². The van der Waals surface area contributed by atoms with E-state index in [9.17, 15) is 18.0 Å². The zero-order chi connectivity index (χ0) is 16.5. The molecule has 0 spiro atoms. The van der Waals surface area contributed by atoms with E-state index in [1.54, 1.807) is 6.92 Å². The Balaban J connectivity index is 2.22. The Morgan fingerprint density at radius 1 is 1.45 bits per heavy atom. The van der Waals surface area contributed by atoms with E-state index in [2.05, 4.69) is 0 Å². The van der Waals surface area contributed by atoms with Crippen molar-refractivity contribution in [2.24, 2.45) is 5.41 Å². The number of rotatable bonds is 5. The molecule has 1 saturated heterocycles. The van der Waals surface area contributed by atoms with Crippen LogP contribution in [0.15, 0.2) is 21.6 Å². The fourth-order valence-electron chi connectivity index (χ4n) is 2.20. The lowest BCUT2D eigenvalue weighted by molar-refractivity contribution is -0.146. The summed E-state index contributed by atoms with van der Waals surface area (Å²) in [6, 6.07) is 2.38. The average molecular weight is 331 g/mol. The van der Waals surface area contributed by atoms with Crippen LogP contribution in [-0.2, 0) is 19.6 Å². The van der Waals surface area contributed by atoms with Gasteiger partial charge in [0.25, 0.3) is 10.0 Å². The smallest absolute Gasteiger partial charge is 0.374 e. The standard InChI is InChI=1S/C13H17NO7S/c1-3-20-11(15)9-4-5-10(21-9)22(18,19)14-7-6-13(2,8-14)12(16)17/h4-5H,3,6-8H2,1-2H3,(H,16,17). The molecule has 1 atom stereocenters. The lowest BCUT2D eigenvalue weighted by atomic mass is 9.90. The van der Waals surface area contributed by atoms with Crippen molar-refractivity contribution >= 4 is 22.0 Å². The van der Waals surface area contributed by atoms with E-state index >= 15 is 0 Å². The highest BCUT2D eigenvalue weighted by atomic mass is 32.2. The number of carbonyl (C=O) groups is 2. The SMILES string of the molecule is CCOC(=O)c1ccc(S(=O)(=O)N2CCC(C)(C(=O)O)C2)o1. The number of carboxylic acid groups (broad SMARTS) is 1.